The zero-order valence-electron chi connectivity index (χ0n) is 14.9. The molecule has 3 aromatic heterocycles. The van der Waals surface area contributed by atoms with Gasteiger partial charge in [-0.05, 0) is 37.0 Å². The third-order valence-corrected chi connectivity index (χ3v) is 5.16. The number of nitrogens with zero attached hydrogens (tertiary/aromatic N) is 5. The van der Waals surface area contributed by atoms with Gasteiger partial charge in [0.1, 0.15) is 0 Å². The molecule has 1 saturated carbocycles. The molecule has 3 heterocycles. The fourth-order valence-corrected chi connectivity index (χ4v) is 3.46. The molecule has 0 saturated heterocycles. The van der Waals surface area contributed by atoms with E-state index in [-0.39, 0.29) is 0 Å². The lowest BCUT2D eigenvalue weighted by molar-refractivity contribution is 0.419. The normalized spacial score (nSPS) is 14.2. The Balaban J connectivity index is 1.56. The third-order valence-electron chi connectivity index (χ3n) is 5.16. The summed E-state index contributed by atoms with van der Waals surface area (Å²) < 4.78 is 1.83. The molecule has 134 valence electrons. The minimum Gasteiger partial charge on any atom is -0.363 e. The zero-order chi connectivity index (χ0) is 18.1. The minimum atomic E-state index is 0.547. The Hall–Kier alpha value is -3.28. The van der Waals surface area contributed by atoms with Gasteiger partial charge in [-0.3, -0.25) is 4.98 Å². The van der Waals surface area contributed by atoms with E-state index >= 15 is 0 Å². The number of rotatable bonds is 5. The van der Waals surface area contributed by atoms with Crippen molar-refractivity contribution in [1.82, 2.24) is 24.8 Å². The third kappa shape index (κ3) is 3.03. The monoisotopic (exact) mass is 356 g/mol. The van der Waals surface area contributed by atoms with Crippen LogP contribution in [0.15, 0.2) is 60.8 Å². The van der Waals surface area contributed by atoms with Crippen molar-refractivity contribution in [3.05, 3.63) is 72.1 Å². The summed E-state index contributed by atoms with van der Waals surface area (Å²) in [5.74, 6) is 2.20. The molecule has 0 bridgehead atoms. The van der Waals surface area contributed by atoms with Crippen LogP contribution in [-0.2, 0) is 6.54 Å². The molecule has 0 unspecified atom stereocenters. The van der Waals surface area contributed by atoms with Crippen molar-refractivity contribution in [2.75, 3.05) is 5.32 Å². The SMILES string of the molecule is c1ccc(-c2nnc3cc(C4CCC4)c(NCc4ccccn4)nn23)cc1. The van der Waals surface area contributed by atoms with Crippen LogP contribution in [0.4, 0.5) is 5.82 Å². The summed E-state index contributed by atoms with van der Waals surface area (Å²) in [5.41, 5.74) is 4.02. The molecule has 0 aliphatic heterocycles. The molecule has 1 aliphatic carbocycles. The molecule has 1 N–H and O–H groups in total. The van der Waals surface area contributed by atoms with Gasteiger partial charge in [0.15, 0.2) is 17.3 Å². The second-order valence-corrected chi connectivity index (χ2v) is 6.91. The van der Waals surface area contributed by atoms with Gasteiger partial charge in [-0.15, -0.1) is 15.3 Å². The van der Waals surface area contributed by atoms with Crippen LogP contribution >= 0.6 is 0 Å². The van der Waals surface area contributed by atoms with E-state index in [0.29, 0.717) is 12.5 Å². The Morgan fingerprint density at radius 1 is 1.00 bits per heavy atom. The first kappa shape index (κ1) is 15.9. The molecule has 0 radical (unpaired) electrons. The first-order valence-electron chi connectivity index (χ1n) is 9.34. The summed E-state index contributed by atoms with van der Waals surface area (Å²) in [4.78, 5) is 4.40. The van der Waals surface area contributed by atoms with Crippen molar-refractivity contribution in [2.45, 2.75) is 31.7 Å². The molecule has 6 heteroatoms. The van der Waals surface area contributed by atoms with Crippen molar-refractivity contribution in [3.63, 3.8) is 0 Å². The molecule has 1 aromatic carbocycles. The quantitative estimate of drug-likeness (QED) is 0.584. The fraction of sp³-hybridized carbons (Fsp3) is 0.238. The van der Waals surface area contributed by atoms with Gasteiger partial charge in [0.25, 0.3) is 0 Å². The van der Waals surface area contributed by atoms with Crippen molar-refractivity contribution in [3.8, 4) is 11.4 Å². The molecule has 1 aliphatic rings. The van der Waals surface area contributed by atoms with Crippen molar-refractivity contribution in [2.24, 2.45) is 0 Å². The van der Waals surface area contributed by atoms with Gasteiger partial charge in [-0.1, -0.05) is 42.8 Å². The number of nitrogens with one attached hydrogen (secondary N) is 1. The second-order valence-electron chi connectivity index (χ2n) is 6.91. The van der Waals surface area contributed by atoms with Gasteiger partial charge < -0.3 is 5.32 Å². The molecule has 1 fully saturated rings. The first-order valence-corrected chi connectivity index (χ1v) is 9.34. The highest BCUT2D eigenvalue weighted by atomic mass is 15.4. The number of aromatic nitrogens is 5. The lowest BCUT2D eigenvalue weighted by Crippen LogP contribution is -2.15. The molecule has 0 atom stereocenters. The second kappa shape index (κ2) is 6.79. The van der Waals surface area contributed by atoms with E-state index in [9.17, 15) is 0 Å². The first-order chi connectivity index (χ1) is 13.4. The average molecular weight is 356 g/mol. The van der Waals surface area contributed by atoms with Crippen LogP contribution in [0.1, 0.15) is 36.4 Å². The summed E-state index contributed by atoms with van der Waals surface area (Å²) in [5, 5.41) is 17.1. The summed E-state index contributed by atoms with van der Waals surface area (Å²) in [6.07, 6.45) is 5.50. The van der Waals surface area contributed by atoms with E-state index in [0.717, 1.165) is 28.5 Å². The fourth-order valence-electron chi connectivity index (χ4n) is 3.46. The predicted octanol–water partition coefficient (Wildman–Crippen LogP) is 4.07. The van der Waals surface area contributed by atoms with E-state index < -0.39 is 0 Å². The van der Waals surface area contributed by atoms with Crippen molar-refractivity contribution >= 4 is 11.5 Å². The van der Waals surface area contributed by atoms with Crippen molar-refractivity contribution in [1.29, 1.82) is 0 Å². The maximum Gasteiger partial charge on any atom is 0.185 e. The predicted molar refractivity (Wildman–Crippen MR) is 104 cm³/mol. The Kier molecular flexibility index (Phi) is 4.01. The maximum absolute atomic E-state index is 4.88. The van der Waals surface area contributed by atoms with Crippen LogP contribution in [-0.4, -0.2) is 24.8 Å². The van der Waals surface area contributed by atoms with E-state index in [1.165, 1.54) is 24.8 Å². The van der Waals surface area contributed by atoms with Crippen LogP contribution in [0.25, 0.3) is 17.0 Å². The van der Waals surface area contributed by atoms with Gasteiger partial charge in [0.05, 0.1) is 12.2 Å². The highest BCUT2D eigenvalue weighted by Crippen LogP contribution is 2.39. The van der Waals surface area contributed by atoms with E-state index in [1.807, 2.05) is 59.2 Å². The van der Waals surface area contributed by atoms with Crippen molar-refractivity contribution < 1.29 is 0 Å². The standard InChI is InChI=1S/C21H20N6/c1-2-7-16(8-3-1)21-25-24-19-13-18(15-9-6-10-15)20(26-27(19)21)23-14-17-11-4-5-12-22-17/h1-5,7-8,11-13,15H,6,9-10,14H2,(H,23,26). The average Bonchev–Trinajstić information content (AvgIpc) is 3.09. The highest BCUT2D eigenvalue weighted by molar-refractivity contribution is 5.61. The van der Waals surface area contributed by atoms with Gasteiger partial charge in [0.2, 0.25) is 0 Å². The Labute approximate surface area is 157 Å². The Bertz CT molecular complexity index is 1050. The number of pyridine rings is 1. The molecule has 0 spiro atoms. The molecular formula is C21H20N6. The summed E-state index contributed by atoms with van der Waals surface area (Å²) in [6.45, 7) is 0.641. The molecule has 4 aromatic rings. The van der Waals surface area contributed by atoms with Gasteiger partial charge in [-0.2, -0.15) is 4.52 Å². The van der Waals surface area contributed by atoms with Gasteiger partial charge in [0, 0.05) is 17.3 Å². The molecule has 6 nitrogen and oxygen atoms in total. The minimum absolute atomic E-state index is 0.547. The Morgan fingerprint density at radius 3 is 2.59 bits per heavy atom. The molecular weight excluding hydrogens is 336 g/mol. The summed E-state index contributed by atoms with van der Waals surface area (Å²) in [7, 11) is 0. The number of hydrogen-bond donors (Lipinski definition) is 1. The van der Waals surface area contributed by atoms with Crippen LogP contribution < -0.4 is 5.32 Å². The molecule has 5 rings (SSSR count). The van der Waals surface area contributed by atoms with E-state index in [1.54, 1.807) is 0 Å². The Morgan fingerprint density at radius 2 is 1.85 bits per heavy atom. The highest BCUT2D eigenvalue weighted by Gasteiger charge is 2.25. The van der Waals surface area contributed by atoms with Crippen LogP contribution in [0.2, 0.25) is 0 Å². The van der Waals surface area contributed by atoms with E-state index in [2.05, 4.69) is 26.6 Å². The van der Waals surface area contributed by atoms with Crippen LogP contribution in [0.5, 0.6) is 0 Å². The summed E-state index contributed by atoms with van der Waals surface area (Å²) in [6, 6.07) is 18.1. The van der Waals surface area contributed by atoms with Crippen LogP contribution in [0.3, 0.4) is 0 Å². The zero-order valence-corrected chi connectivity index (χ0v) is 14.9. The lowest BCUT2D eigenvalue weighted by atomic mass is 9.80. The topological polar surface area (TPSA) is 68.0 Å². The smallest absolute Gasteiger partial charge is 0.185 e. The largest absolute Gasteiger partial charge is 0.363 e. The molecule has 27 heavy (non-hydrogen) atoms. The number of anilines is 1. The van der Waals surface area contributed by atoms with Gasteiger partial charge in [-0.25, -0.2) is 0 Å². The molecule has 0 amide bonds. The number of fused-ring (bicyclic) bond motifs is 1. The summed E-state index contributed by atoms with van der Waals surface area (Å²) >= 11 is 0. The maximum atomic E-state index is 4.88. The van der Waals surface area contributed by atoms with Gasteiger partial charge >= 0.3 is 0 Å². The van der Waals surface area contributed by atoms with Crippen LogP contribution in [0, 0.1) is 0 Å². The number of benzene rings is 1. The van der Waals surface area contributed by atoms with E-state index in [4.69, 9.17) is 5.10 Å². The number of hydrogen-bond acceptors (Lipinski definition) is 5. The lowest BCUT2D eigenvalue weighted by Gasteiger charge is -2.27.